The van der Waals surface area contributed by atoms with Crippen LogP contribution < -0.4 is 5.73 Å². The van der Waals surface area contributed by atoms with Gasteiger partial charge < -0.3 is 5.73 Å². The molecule has 1 aliphatic heterocycles. The number of rotatable bonds is 1. The molecule has 0 amide bonds. The highest BCUT2D eigenvalue weighted by molar-refractivity contribution is 4.88. The SMILES string of the molecule is CCN1CC[C@H](N)C(F)(F)C1. The summed E-state index contributed by atoms with van der Waals surface area (Å²) in [6.07, 6.45) is 0.404. The number of nitrogens with two attached hydrogens (primary N) is 1. The summed E-state index contributed by atoms with van der Waals surface area (Å²) >= 11 is 0. The van der Waals surface area contributed by atoms with Crippen LogP contribution in [0.2, 0.25) is 0 Å². The van der Waals surface area contributed by atoms with E-state index in [0.717, 1.165) is 0 Å². The van der Waals surface area contributed by atoms with E-state index in [-0.39, 0.29) is 6.54 Å². The van der Waals surface area contributed by atoms with Crippen molar-refractivity contribution in [2.24, 2.45) is 5.73 Å². The van der Waals surface area contributed by atoms with E-state index in [2.05, 4.69) is 0 Å². The van der Waals surface area contributed by atoms with Crippen LogP contribution in [0.25, 0.3) is 0 Å². The summed E-state index contributed by atoms with van der Waals surface area (Å²) < 4.78 is 25.7. The standard InChI is InChI=1S/C7H14F2N2/c1-2-11-4-3-6(10)7(8,9)5-11/h6H,2-5,10H2,1H3/t6-/m0/s1. The van der Waals surface area contributed by atoms with Crippen molar-refractivity contribution in [3.8, 4) is 0 Å². The fourth-order valence-corrected chi connectivity index (χ4v) is 1.30. The lowest BCUT2D eigenvalue weighted by Crippen LogP contribution is -2.55. The Bertz CT molecular complexity index is 138. The van der Waals surface area contributed by atoms with Gasteiger partial charge in [-0.1, -0.05) is 6.92 Å². The van der Waals surface area contributed by atoms with E-state index in [9.17, 15) is 8.78 Å². The van der Waals surface area contributed by atoms with Gasteiger partial charge in [-0.25, -0.2) is 8.78 Å². The first-order valence-corrected chi connectivity index (χ1v) is 3.92. The van der Waals surface area contributed by atoms with E-state index in [1.54, 1.807) is 4.90 Å². The molecule has 0 saturated carbocycles. The second-order valence-corrected chi connectivity index (χ2v) is 3.02. The Morgan fingerprint density at radius 1 is 1.64 bits per heavy atom. The number of alkyl halides is 2. The third-order valence-corrected chi connectivity index (χ3v) is 2.18. The molecular formula is C7H14F2N2. The van der Waals surface area contributed by atoms with Crippen LogP contribution in [0.5, 0.6) is 0 Å². The average Bonchev–Trinajstić information content (AvgIpc) is 1.95. The van der Waals surface area contributed by atoms with Crippen molar-refractivity contribution >= 4 is 0 Å². The third kappa shape index (κ3) is 1.87. The molecule has 1 saturated heterocycles. The first-order valence-electron chi connectivity index (χ1n) is 3.92. The maximum atomic E-state index is 12.9. The Labute approximate surface area is 65.4 Å². The van der Waals surface area contributed by atoms with Crippen LogP contribution in [-0.4, -0.2) is 36.5 Å². The number of piperidine rings is 1. The minimum atomic E-state index is -2.69. The van der Waals surface area contributed by atoms with E-state index < -0.39 is 12.0 Å². The Morgan fingerprint density at radius 2 is 2.27 bits per heavy atom. The Hall–Kier alpha value is -0.220. The lowest BCUT2D eigenvalue weighted by atomic mass is 10.0. The Balaban J connectivity index is 2.52. The molecule has 1 atom stereocenters. The molecule has 0 radical (unpaired) electrons. The van der Waals surface area contributed by atoms with Gasteiger partial charge in [0.1, 0.15) is 0 Å². The summed E-state index contributed by atoms with van der Waals surface area (Å²) in [5.41, 5.74) is 5.25. The van der Waals surface area contributed by atoms with E-state index in [1.807, 2.05) is 6.92 Å². The average molecular weight is 164 g/mol. The lowest BCUT2D eigenvalue weighted by Gasteiger charge is -2.35. The van der Waals surface area contributed by atoms with Crippen LogP contribution in [0.4, 0.5) is 8.78 Å². The predicted molar refractivity (Wildman–Crippen MR) is 39.7 cm³/mol. The smallest absolute Gasteiger partial charge is 0.275 e. The molecule has 4 heteroatoms. The number of likely N-dealkylation sites (tertiary alicyclic amines) is 1. The van der Waals surface area contributed by atoms with Crippen LogP contribution in [0, 0.1) is 0 Å². The van der Waals surface area contributed by atoms with Crippen LogP contribution in [0.15, 0.2) is 0 Å². The minimum Gasteiger partial charge on any atom is -0.323 e. The molecule has 0 aromatic heterocycles. The van der Waals surface area contributed by atoms with E-state index >= 15 is 0 Å². The molecule has 2 N–H and O–H groups in total. The molecule has 1 heterocycles. The maximum Gasteiger partial charge on any atom is 0.275 e. The van der Waals surface area contributed by atoms with E-state index in [1.165, 1.54) is 0 Å². The Kier molecular flexibility index (Phi) is 2.44. The lowest BCUT2D eigenvalue weighted by molar-refractivity contribution is -0.0783. The highest BCUT2D eigenvalue weighted by atomic mass is 19.3. The van der Waals surface area contributed by atoms with Crippen LogP contribution >= 0.6 is 0 Å². The highest BCUT2D eigenvalue weighted by Crippen LogP contribution is 2.25. The van der Waals surface area contributed by atoms with Crippen LogP contribution in [0.1, 0.15) is 13.3 Å². The fraction of sp³-hybridized carbons (Fsp3) is 1.00. The summed E-state index contributed by atoms with van der Waals surface area (Å²) in [6, 6.07) is -0.940. The molecule has 11 heavy (non-hydrogen) atoms. The summed E-state index contributed by atoms with van der Waals surface area (Å²) in [5, 5.41) is 0. The summed E-state index contributed by atoms with van der Waals surface area (Å²) in [6.45, 7) is 3.09. The zero-order valence-corrected chi connectivity index (χ0v) is 6.69. The number of hydrogen-bond donors (Lipinski definition) is 1. The van der Waals surface area contributed by atoms with Gasteiger partial charge in [0.05, 0.1) is 12.6 Å². The fourth-order valence-electron chi connectivity index (χ4n) is 1.30. The molecule has 2 nitrogen and oxygen atoms in total. The molecule has 0 bridgehead atoms. The van der Waals surface area contributed by atoms with Gasteiger partial charge in [0, 0.05) is 6.54 Å². The van der Waals surface area contributed by atoms with Crippen molar-refractivity contribution < 1.29 is 8.78 Å². The van der Waals surface area contributed by atoms with Gasteiger partial charge in [-0.05, 0) is 13.0 Å². The molecule has 0 unspecified atom stereocenters. The normalized spacial score (nSPS) is 32.2. The first-order chi connectivity index (χ1) is 5.06. The molecule has 0 aromatic rings. The Morgan fingerprint density at radius 3 is 2.73 bits per heavy atom. The van der Waals surface area contributed by atoms with Gasteiger partial charge in [0.25, 0.3) is 5.92 Å². The van der Waals surface area contributed by atoms with Crippen molar-refractivity contribution in [3.63, 3.8) is 0 Å². The van der Waals surface area contributed by atoms with E-state index in [4.69, 9.17) is 5.73 Å². The van der Waals surface area contributed by atoms with Gasteiger partial charge in [-0.2, -0.15) is 0 Å². The summed E-state index contributed by atoms with van der Waals surface area (Å²) in [4.78, 5) is 1.73. The number of hydrogen-bond acceptors (Lipinski definition) is 2. The van der Waals surface area contributed by atoms with Crippen LogP contribution in [-0.2, 0) is 0 Å². The number of nitrogens with zero attached hydrogens (tertiary/aromatic N) is 1. The quantitative estimate of drug-likeness (QED) is 0.617. The molecular weight excluding hydrogens is 150 g/mol. The van der Waals surface area contributed by atoms with Crippen molar-refractivity contribution in [3.05, 3.63) is 0 Å². The van der Waals surface area contributed by atoms with Gasteiger partial charge in [0.15, 0.2) is 0 Å². The first kappa shape index (κ1) is 8.87. The van der Waals surface area contributed by atoms with Crippen molar-refractivity contribution in [1.29, 1.82) is 0 Å². The highest BCUT2D eigenvalue weighted by Gasteiger charge is 2.41. The summed E-state index contributed by atoms with van der Waals surface area (Å²) in [7, 11) is 0. The molecule has 66 valence electrons. The maximum absolute atomic E-state index is 12.9. The zero-order valence-electron chi connectivity index (χ0n) is 6.69. The van der Waals surface area contributed by atoms with E-state index in [0.29, 0.717) is 19.5 Å². The van der Waals surface area contributed by atoms with Crippen molar-refractivity contribution in [2.45, 2.75) is 25.3 Å². The molecule has 0 aliphatic carbocycles. The zero-order chi connectivity index (χ0) is 8.48. The van der Waals surface area contributed by atoms with Gasteiger partial charge in [-0.3, -0.25) is 4.90 Å². The monoisotopic (exact) mass is 164 g/mol. The second-order valence-electron chi connectivity index (χ2n) is 3.02. The molecule has 1 aliphatic rings. The third-order valence-electron chi connectivity index (χ3n) is 2.18. The molecule has 1 rings (SSSR count). The van der Waals surface area contributed by atoms with Gasteiger partial charge in [-0.15, -0.1) is 0 Å². The van der Waals surface area contributed by atoms with Crippen molar-refractivity contribution in [2.75, 3.05) is 19.6 Å². The predicted octanol–water partition coefficient (Wildman–Crippen LogP) is 0.675. The molecule has 0 spiro atoms. The molecule has 1 fully saturated rings. The summed E-state index contributed by atoms with van der Waals surface area (Å²) in [5.74, 6) is -2.69. The van der Waals surface area contributed by atoms with Crippen LogP contribution in [0.3, 0.4) is 0 Å². The van der Waals surface area contributed by atoms with Gasteiger partial charge in [0.2, 0.25) is 0 Å². The van der Waals surface area contributed by atoms with Gasteiger partial charge >= 0.3 is 0 Å². The number of halogens is 2. The van der Waals surface area contributed by atoms with Crippen molar-refractivity contribution in [1.82, 2.24) is 4.90 Å². The second kappa shape index (κ2) is 3.03. The topological polar surface area (TPSA) is 29.3 Å². The molecule has 0 aromatic carbocycles. The largest absolute Gasteiger partial charge is 0.323 e. The minimum absolute atomic E-state index is 0.176.